The molecule has 0 spiro atoms. The minimum atomic E-state index is -0.648. The summed E-state index contributed by atoms with van der Waals surface area (Å²) in [4.78, 5) is 32.1. The van der Waals surface area contributed by atoms with Crippen molar-refractivity contribution in [1.29, 1.82) is 0 Å². The molecule has 8 heteroatoms. The summed E-state index contributed by atoms with van der Waals surface area (Å²) in [7, 11) is 0. The minimum Gasteiger partial charge on any atom is -0.488 e. The number of allylic oxidation sites excluding steroid dienone is 1. The molecule has 5 rings (SSSR count). The highest BCUT2D eigenvalue weighted by Crippen LogP contribution is 2.31. The van der Waals surface area contributed by atoms with Gasteiger partial charge in [-0.15, -0.1) is 0 Å². The normalized spacial score (nSPS) is 15.1. The van der Waals surface area contributed by atoms with Gasteiger partial charge < -0.3 is 9.47 Å². The number of carbonyl (C=O) groups excluding carboxylic acids is 1. The molecule has 6 nitrogen and oxygen atoms in total. The summed E-state index contributed by atoms with van der Waals surface area (Å²) in [5, 5.41) is 0. The molecule has 0 radical (unpaired) electrons. The molecule has 0 amide bonds. The first kappa shape index (κ1) is 25.9. The molecule has 3 aromatic carbocycles. The van der Waals surface area contributed by atoms with Crippen molar-refractivity contribution in [1.82, 2.24) is 4.57 Å². The van der Waals surface area contributed by atoms with Crippen LogP contribution in [0, 0.1) is 0 Å². The van der Waals surface area contributed by atoms with Gasteiger partial charge in [0.2, 0.25) is 0 Å². The molecule has 1 atom stereocenters. The Kier molecular flexibility index (Phi) is 7.72. The topological polar surface area (TPSA) is 69.9 Å². The third-order valence-electron chi connectivity index (χ3n) is 6.15. The van der Waals surface area contributed by atoms with Crippen molar-refractivity contribution in [2.24, 2.45) is 4.99 Å². The molecule has 0 saturated carbocycles. The van der Waals surface area contributed by atoms with Crippen LogP contribution in [0.15, 0.2) is 104 Å². The third kappa shape index (κ3) is 5.28. The van der Waals surface area contributed by atoms with E-state index in [1.807, 2.05) is 84.9 Å². The van der Waals surface area contributed by atoms with Crippen molar-refractivity contribution in [3.63, 3.8) is 0 Å². The predicted octanol–water partition coefficient (Wildman–Crippen LogP) is 5.14. The van der Waals surface area contributed by atoms with E-state index in [2.05, 4.69) is 20.9 Å². The molecule has 1 unspecified atom stereocenters. The van der Waals surface area contributed by atoms with E-state index >= 15 is 0 Å². The SMILES string of the molecule is CCOC(=O)C1=C(C)N=c2s/c(=C/c3ccccc3OCc3ccccc3)c(=O)n2C1c1ccc(Br)cc1. The maximum atomic E-state index is 13.8. The molecule has 1 aliphatic heterocycles. The van der Waals surface area contributed by atoms with Gasteiger partial charge in [0.05, 0.1) is 28.5 Å². The fourth-order valence-electron chi connectivity index (χ4n) is 4.36. The van der Waals surface area contributed by atoms with Crippen LogP contribution >= 0.6 is 27.3 Å². The van der Waals surface area contributed by atoms with Gasteiger partial charge in [-0.1, -0.05) is 87.9 Å². The monoisotopic (exact) mass is 588 g/mol. The zero-order chi connectivity index (χ0) is 26.6. The fourth-order valence-corrected chi connectivity index (χ4v) is 5.66. The van der Waals surface area contributed by atoms with Crippen LogP contribution in [0.4, 0.5) is 0 Å². The van der Waals surface area contributed by atoms with E-state index in [9.17, 15) is 9.59 Å². The average molecular weight is 590 g/mol. The summed E-state index contributed by atoms with van der Waals surface area (Å²) in [5.74, 6) is 0.200. The molecule has 0 fully saturated rings. The lowest BCUT2D eigenvalue weighted by atomic mass is 9.96. The van der Waals surface area contributed by atoms with Gasteiger partial charge in [-0.05, 0) is 49.2 Å². The summed E-state index contributed by atoms with van der Waals surface area (Å²) < 4.78 is 14.5. The predicted molar refractivity (Wildman–Crippen MR) is 152 cm³/mol. The molecular formula is C30H25BrN2O4S. The van der Waals surface area contributed by atoms with Crippen LogP contribution in [-0.4, -0.2) is 17.1 Å². The Labute approximate surface area is 232 Å². The number of benzene rings is 3. The number of esters is 1. The molecule has 1 aliphatic rings. The van der Waals surface area contributed by atoms with E-state index in [0.29, 0.717) is 33.0 Å². The van der Waals surface area contributed by atoms with Crippen molar-refractivity contribution < 1.29 is 14.3 Å². The third-order valence-corrected chi connectivity index (χ3v) is 7.66. The number of carbonyl (C=O) groups is 1. The average Bonchev–Trinajstić information content (AvgIpc) is 3.22. The molecule has 0 N–H and O–H groups in total. The Morgan fingerprint density at radius 1 is 1.05 bits per heavy atom. The van der Waals surface area contributed by atoms with Gasteiger partial charge >= 0.3 is 5.97 Å². The van der Waals surface area contributed by atoms with Crippen molar-refractivity contribution in [2.75, 3.05) is 6.61 Å². The highest BCUT2D eigenvalue weighted by molar-refractivity contribution is 9.10. The number of halogens is 1. The Morgan fingerprint density at radius 3 is 2.50 bits per heavy atom. The largest absolute Gasteiger partial charge is 0.488 e. The van der Waals surface area contributed by atoms with Crippen molar-refractivity contribution in [3.8, 4) is 5.75 Å². The summed E-state index contributed by atoms with van der Waals surface area (Å²) in [5.41, 5.74) is 3.31. The van der Waals surface area contributed by atoms with Crippen LogP contribution in [0.2, 0.25) is 0 Å². The van der Waals surface area contributed by atoms with Crippen LogP contribution in [0.25, 0.3) is 6.08 Å². The first-order valence-corrected chi connectivity index (χ1v) is 13.8. The fraction of sp³-hybridized carbons (Fsp3) is 0.167. The number of rotatable bonds is 7. The van der Waals surface area contributed by atoms with Crippen LogP contribution in [0.3, 0.4) is 0 Å². The van der Waals surface area contributed by atoms with Crippen molar-refractivity contribution in [3.05, 3.63) is 131 Å². The first-order chi connectivity index (χ1) is 18.5. The first-order valence-electron chi connectivity index (χ1n) is 12.2. The number of para-hydroxylation sites is 1. The maximum Gasteiger partial charge on any atom is 0.338 e. The van der Waals surface area contributed by atoms with E-state index in [1.54, 1.807) is 18.4 Å². The molecule has 192 valence electrons. The number of hydrogen-bond acceptors (Lipinski definition) is 6. The van der Waals surface area contributed by atoms with Gasteiger partial charge in [-0.3, -0.25) is 9.36 Å². The summed E-state index contributed by atoms with van der Waals surface area (Å²) in [6.45, 7) is 4.18. The molecule has 0 bridgehead atoms. The Morgan fingerprint density at radius 2 is 1.76 bits per heavy atom. The maximum absolute atomic E-state index is 13.8. The molecule has 0 aliphatic carbocycles. The second-order valence-corrected chi connectivity index (χ2v) is 10.6. The number of hydrogen-bond donors (Lipinski definition) is 0. The lowest BCUT2D eigenvalue weighted by molar-refractivity contribution is -0.139. The number of ether oxygens (including phenoxy) is 2. The zero-order valence-corrected chi connectivity index (χ0v) is 23.3. The second kappa shape index (κ2) is 11.3. The van der Waals surface area contributed by atoms with E-state index in [-0.39, 0.29) is 12.2 Å². The Hall–Kier alpha value is -3.75. The van der Waals surface area contributed by atoms with Gasteiger partial charge in [0.1, 0.15) is 12.4 Å². The summed E-state index contributed by atoms with van der Waals surface area (Å²) >= 11 is 4.76. The van der Waals surface area contributed by atoms with Crippen LogP contribution in [0.1, 0.15) is 36.6 Å². The number of fused-ring (bicyclic) bond motifs is 1. The smallest absolute Gasteiger partial charge is 0.338 e. The molecule has 4 aromatic rings. The lowest BCUT2D eigenvalue weighted by Gasteiger charge is -2.24. The lowest BCUT2D eigenvalue weighted by Crippen LogP contribution is -2.39. The van der Waals surface area contributed by atoms with Gasteiger partial charge in [0.15, 0.2) is 4.80 Å². The number of aromatic nitrogens is 1. The van der Waals surface area contributed by atoms with Gasteiger partial charge in [-0.2, -0.15) is 0 Å². The molecule has 1 aromatic heterocycles. The van der Waals surface area contributed by atoms with Crippen LogP contribution in [-0.2, 0) is 16.1 Å². The minimum absolute atomic E-state index is 0.228. The molecule has 38 heavy (non-hydrogen) atoms. The molecular weight excluding hydrogens is 564 g/mol. The summed E-state index contributed by atoms with van der Waals surface area (Å²) in [6.07, 6.45) is 1.83. The van der Waals surface area contributed by atoms with Gasteiger partial charge in [0.25, 0.3) is 5.56 Å². The summed E-state index contributed by atoms with van der Waals surface area (Å²) in [6, 6.07) is 24.5. The second-order valence-electron chi connectivity index (χ2n) is 8.67. The van der Waals surface area contributed by atoms with Crippen LogP contribution in [0.5, 0.6) is 5.75 Å². The highest BCUT2D eigenvalue weighted by Gasteiger charge is 2.33. The van der Waals surface area contributed by atoms with E-state index in [4.69, 9.17) is 9.47 Å². The Balaban J connectivity index is 1.61. The van der Waals surface area contributed by atoms with E-state index in [1.165, 1.54) is 11.3 Å². The van der Waals surface area contributed by atoms with E-state index in [0.717, 1.165) is 21.2 Å². The highest BCUT2D eigenvalue weighted by atomic mass is 79.9. The van der Waals surface area contributed by atoms with Gasteiger partial charge in [0, 0.05) is 10.0 Å². The molecule has 2 heterocycles. The number of nitrogens with zero attached hydrogens (tertiary/aromatic N) is 2. The van der Waals surface area contributed by atoms with Crippen LogP contribution < -0.4 is 19.6 Å². The number of thiazole rings is 1. The Bertz CT molecular complexity index is 1690. The van der Waals surface area contributed by atoms with Gasteiger partial charge in [-0.25, -0.2) is 9.79 Å². The standard InChI is InChI=1S/C30H25BrN2O4S/c1-3-36-29(35)26-19(2)32-30-33(27(26)21-13-15-23(31)16-14-21)28(34)25(38-30)17-22-11-7-8-12-24(22)37-18-20-9-5-4-6-10-20/h4-17,27H,3,18H2,1-2H3/b25-17+. The van der Waals surface area contributed by atoms with Crippen molar-refractivity contribution in [2.45, 2.75) is 26.5 Å². The quantitative estimate of drug-likeness (QED) is 0.280. The zero-order valence-electron chi connectivity index (χ0n) is 20.9. The molecule has 0 saturated heterocycles. The van der Waals surface area contributed by atoms with Crippen molar-refractivity contribution >= 4 is 39.3 Å². The van der Waals surface area contributed by atoms with E-state index < -0.39 is 12.0 Å².